The molecule has 1 fully saturated rings. The molecule has 0 bridgehead atoms. The number of ether oxygens (including phenoxy) is 3. The van der Waals surface area contributed by atoms with Crippen LogP contribution >= 0.6 is 0 Å². The maximum Gasteiger partial charge on any atom is 0.126 e. The van der Waals surface area contributed by atoms with E-state index in [9.17, 15) is 5.11 Å². The quantitative estimate of drug-likeness (QED) is 0.614. The number of benzene rings is 1. The Morgan fingerprint density at radius 1 is 1.35 bits per heavy atom. The molecule has 130 valence electrons. The van der Waals surface area contributed by atoms with Crippen molar-refractivity contribution < 1.29 is 24.2 Å². The number of aliphatic hydroxyl groups is 1. The van der Waals surface area contributed by atoms with Gasteiger partial charge in [0.1, 0.15) is 25.7 Å². The zero-order valence-electron chi connectivity index (χ0n) is 14.1. The molecule has 5 nitrogen and oxygen atoms in total. The van der Waals surface area contributed by atoms with Gasteiger partial charge in [-0.3, -0.25) is 0 Å². The maximum atomic E-state index is 10.2. The van der Waals surface area contributed by atoms with Crippen LogP contribution in [0.1, 0.15) is 18.4 Å². The van der Waals surface area contributed by atoms with E-state index >= 15 is 0 Å². The second kappa shape index (κ2) is 10.7. The van der Waals surface area contributed by atoms with Gasteiger partial charge >= 0.3 is 0 Å². The van der Waals surface area contributed by atoms with E-state index in [0.717, 1.165) is 32.5 Å². The normalized spacial score (nSPS) is 20.5. The number of nitrogens with one attached hydrogen (secondary N) is 1. The monoisotopic (exact) mass is 324 g/mol. The summed E-state index contributed by atoms with van der Waals surface area (Å²) in [5.41, 5.74) is 1.27. The van der Waals surface area contributed by atoms with Crippen LogP contribution in [0.15, 0.2) is 30.3 Å². The summed E-state index contributed by atoms with van der Waals surface area (Å²) in [4.78, 5) is 1.30. The minimum Gasteiger partial charge on any atom is -0.385 e. The van der Waals surface area contributed by atoms with E-state index in [1.807, 2.05) is 18.2 Å². The van der Waals surface area contributed by atoms with E-state index in [4.69, 9.17) is 14.2 Å². The second-order valence-corrected chi connectivity index (χ2v) is 6.19. The average Bonchev–Trinajstić information content (AvgIpc) is 3.07. The first-order chi connectivity index (χ1) is 11.3. The third-order valence-electron chi connectivity index (χ3n) is 4.12. The highest BCUT2D eigenvalue weighted by atomic mass is 16.5. The molecule has 0 radical (unpaired) electrons. The highest BCUT2D eigenvalue weighted by Crippen LogP contribution is 2.11. The molecule has 2 rings (SSSR count). The Bertz CT molecular complexity index is 409. The van der Waals surface area contributed by atoms with Crippen LogP contribution in [-0.2, 0) is 20.8 Å². The molecule has 0 saturated carbocycles. The van der Waals surface area contributed by atoms with Crippen molar-refractivity contribution in [1.82, 2.24) is 0 Å². The number of hydrogen-bond donors (Lipinski definition) is 2. The van der Waals surface area contributed by atoms with Gasteiger partial charge in [0.05, 0.1) is 25.9 Å². The summed E-state index contributed by atoms with van der Waals surface area (Å²) < 4.78 is 16.3. The van der Waals surface area contributed by atoms with Gasteiger partial charge in [-0.25, -0.2) is 0 Å². The highest BCUT2D eigenvalue weighted by molar-refractivity contribution is 5.13. The average molecular weight is 324 g/mol. The molecule has 0 aliphatic carbocycles. The van der Waals surface area contributed by atoms with E-state index in [0.29, 0.717) is 26.4 Å². The summed E-state index contributed by atoms with van der Waals surface area (Å²) in [6.45, 7) is 4.88. The lowest BCUT2D eigenvalue weighted by molar-refractivity contribution is -0.917. The van der Waals surface area contributed by atoms with Gasteiger partial charge in [0, 0.05) is 19.3 Å². The molecule has 0 spiro atoms. The van der Waals surface area contributed by atoms with Gasteiger partial charge in [-0.15, -0.1) is 0 Å². The van der Waals surface area contributed by atoms with Crippen molar-refractivity contribution in [2.45, 2.75) is 31.6 Å². The van der Waals surface area contributed by atoms with Crippen molar-refractivity contribution in [1.29, 1.82) is 0 Å². The Morgan fingerprint density at radius 2 is 2.17 bits per heavy atom. The second-order valence-electron chi connectivity index (χ2n) is 6.19. The smallest absolute Gasteiger partial charge is 0.126 e. The molecule has 5 heteroatoms. The molecule has 1 aliphatic rings. The predicted molar refractivity (Wildman–Crippen MR) is 88.5 cm³/mol. The molecule has 1 unspecified atom stereocenters. The van der Waals surface area contributed by atoms with Gasteiger partial charge in [-0.05, 0) is 12.8 Å². The summed E-state index contributed by atoms with van der Waals surface area (Å²) in [6.07, 6.45) is 1.92. The Labute approximate surface area is 139 Å². The van der Waals surface area contributed by atoms with Crippen molar-refractivity contribution in [3.63, 3.8) is 0 Å². The van der Waals surface area contributed by atoms with Crippen LogP contribution in [-0.4, -0.2) is 63.9 Å². The molecular formula is C18H30NO4+. The van der Waals surface area contributed by atoms with Crippen LogP contribution in [0.5, 0.6) is 0 Å². The van der Waals surface area contributed by atoms with E-state index in [-0.39, 0.29) is 6.10 Å². The van der Waals surface area contributed by atoms with Crippen LogP contribution < -0.4 is 4.90 Å². The first-order valence-electron chi connectivity index (χ1n) is 8.51. The zero-order chi connectivity index (χ0) is 16.3. The summed E-state index contributed by atoms with van der Waals surface area (Å²) >= 11 is 0. The third-order valence-corrected chi connectivity index (χ3v) is 4.12. The van der Waals surface area contributed by atoms with Crippen LogP contribution in [0.4, 0.5) is 0 Å². The standard InChI is InChI=1S/C18H29NO4/c1-21-11-9-19(12-16-6-3-2-4-7-16)13-17(20)14-22-15-18-8-5-10-23-18/h2-4,6-7,17-18,20H,5,8-15H2,1H3/p+1/t17-,18-/m0/s1. The number of hydrogen-bond acceptors (Lipinski definition) is 4. The molecule has 1 aromatic carbocycles. The lowest BCUT2D eigenvalue weighted by Crippen LogP contribution is -3.12. The summed E-state index contributed by atoms with van der Waals surface area (Å²) in [7, 11) is 1.71. The van der Waals surface area contributed by atoms with Gasteiger partial charge in [-0.2, -0.15) is 0 Å². The van der Waals surface area contributed by atoms with Crippen LogP contribution in [0.25, 0.3) is 0 Å². The minimum absolute atomic E-state index is 0.212. The highest BCUT2D eigenvalue weighted by Gasteiger charge is 2.19. The van der Waals surface area contributed by atoms with Crippen molar-refractivity contribution in [2.75, 3.05) is 46.6 Å². The van der Waals surface area contributed by atoms with Crippen LogP contribution in [0.2, 0.25) is 0 Å². The SMILES string of the molecule is COCC[NH+](Cc1ccccc1)C[C@H](O)COC[C@@H]1CCCO1. The molecule has 1 aromatic rings. The Kier molecular flexibility index (Phi) is 8.57. The van der Waals surface area contributed by atoms with Crippen molar-refractivity contribution in [3.8, 4) is 0 Å². The van der Waals surface area contributed by atoms with E-state index in [1.165, 1.54) is 10.5 Å². The lowest BCUT2D eigenvalue weighted by atomic mass is 10.2. The molecule has 1 aliphatic heterocycles. The number of methoxy groups -OCH3 is 1. The number of quaternary nitrogens is 1. The number of aliphatic hydroxyl groups excluding tert-OH is 1. The summed E-state index contributed by atoms with van der Waals surface area (Å²) in [6, 6.07) is 10.3. The fourth-order valence-corrected chi connectivity index (χ4v) is 2.90. The van der Waals surface area contributed by atoms with Gasteiger partial charge in [0.2, 0.25) is 0 Å². The molecule has 0 aromatic heterocycles. The third kappa shape index (κ3) is 7.42. The minimum atomic E-state index is -0.466. The van der Waals surface area contributed by atoms with Gasteiger partial charge in [-0.1, -0.05) is 30.3 Å². The molecule has 0 amide bonds. The zero-order valence-corrected chi connectivity index (χ0v) is 14.1. The molecule has 2 N–H and O–H groups in total. The predicted octanol–water partition coefficient (Wildman–Crippen LogP) is 0.274. The summed E-state index contributed by atoms with van der Waals surface area (Å²) in [5, 5.41) is 10.2. The van der Waals surface area contributed by atoms with E-state index in [2.05, 4.69) is 12.1 Å². The molecular weight excluding hydrogens is 294 g/mol. The largest absolute Gasteiger partial charge is 0.385 e. The van der Waals surface area contributed by atoms with Gasteiger partial charge in [0.15, 0.2) is 0 Å². The van der Waals surface area contributed by atoms with Crippen molar-refractivity contribution in [2.24, 2.45) is 0 Å². The van der Waals surface area contributed by atoms with E-state index in [1.54, 1.807) is 7.11 Å². The topological polar surface area (TPSA) is 52.4 Å². The summed E-state index contributed by atoms with van der Waals surface area (Å²) in [5.74, 6) is 0. The van der Waals surface area contributed by atoms with Gasteiger partial charge in [0.25, 0.3) is 0 Å². The van der Waals surface area contributed by atoms with Crippen LogP contribution in [0, 0.1) is 0 Å². The maximum absolute atomic E-state index is 10.2. The molecule has 23 heavy (non-hydrogen) atoms. The fourth-order valence-electron chi connectivity index (χ4n) is 2.90. The first kappa shape index (κ1) is 18.4. The van der Waals surface area contributed by atoms with Crippen LogP contribution in [0.3, 0.4) is 0 Å². The Morgan fingerprint density at radius 3 is 2.87 bits per heavy atom. The lowest BCUT2D eigenvalue weighted by Gasteiger charge is -2.22. The fraction of sp³-hybridized carbons (Fsp3) is 0.667. The Balaban J connectivity index is 1.71. The first-order valence-corrected chi connectivity index (χ1v) is 8.51. The van der Waals surface area contributed by atoms with Gasteiger partial charge < -0.3 is 24.2 Å². The van der Waals surface area contributed by atoms with Crippen molar-refractivity contribution >= 4 is 0 Å². The molecule has 1 saturated heterocycles. The van der Waals surface area contributed by atoms with E-state index < -0.39 is 6.10 Å². The molecule has 1 heterocycles. The molecule has 3 atom stereocenters. The van der Waals surface area contributed by atoms with Crippen molar-refractivity contribution in [3.05, 3.63) is 35.9 Å². The Hall–Kier alpha value is -0.980. The number of rotatable bonds is 11.